The third-order valence-corrected chi connectivity index (χ3v) is 8.27. The maximum atomic E-state index is 13.5. The van der Waals surface area contributed by atoms with Gasteiger partial charge in [0.1, 0.15) is 11.8 Å². The normalized spacial score (nSPS) is 14.9. The Hall–Kier alpha value is -3.07. The summed E-state index contributed by atoms with van der Waals surface area (Å²) in [6.45, 7) is 4.12. The van der Waals surface area contributed by atoms with E-state index >= 15 is 0 Å². The molecule has 1 atom stereocenters. The van der Waals surface area contributed by atoms with Gasteiger partial charge >= 0.3 is 0 Å². The molecule has 1 fully saturated rings. The van der Waals surface area contributed by atoms with E-state index in [1.807, 2.05) is 43.3 Å². The fourth-order valence-electron chi connectivity index (χ4n) is 4.83. The molecule has 1 saturated carbocycles. The van der Waals surface area contributed by atoms with Crippen LogP contribution in [0.2, 0.25) is 0 Å². The van der Waals surface area contributed by atoms with Gasteiger partial charge in [0.05, 0.1) is 19.1 Å². The van der Waals surface area contributed by atoms with Crippen LogP contribution in [0.5, 0.6) is 5.75 Å². The molecule has 8 nitrogen and oxygen atoms in total. The van der Waals surface area contributed by atoms with Crippen LogP contribution in [0.25, 0.3) is 0 Å². The number of aryl methyl sites for hydroxylation is 1. The maximum Gasteiger partial charge on any atom is 0.242 e. The lowest BCUT2D eigenvalue weighted by Crippen LogP contribution is -2.50. The Morgan fingerprint density at radius 3 is 2.39 bits per heavy atom. The highest BCUT2D eigenvalue weighted by atomic mass is 32.2. The summed E-state index contributed by atoms with van der Waals surface area (Å²) < 4.78 is 31.6. The number of sulfonamides is 1. The summed E-state index contributed by atoms with van der Waals surface area (Å²) in [4.78, 5) is 28.3. The molecule has 2 aromatic carbocycles. The van der Waals surface area contributed by atoms with E-state index in [-0.39, 0.29) is 37.4 Å². The smallest absolute Gasteiger partial charge is 0.242 e. The molecule has 0 unspecified atom stereocenters. The molecule has 1 N–H and O–H groups in total. The summed E-state index contributed by atoms with van der Waals surface area (Å²) in [5, 5.41) is 3.14. The first-order valence-corrected chi connectivity index (χ1v) is 15.2. The van der Waals surface area contributed by atoms with Crippen molar-refractivity contribution in [2.24, 2.45) is 0 Å². The predicted octanol–water partition coefficient (Wildman–Crippen LogP) is 4.42. The number of benzene rings is 2. The first-order chi connectivity index (χ1) is 18.1. The molecule has 0 aromatic heterocycles. The van der Waals surface area contributed by atoms with Gasteiger partial charge in [0.25, 0.3) is 0 Å². The van der Waals surface area contributed by atoms with Gasteiger partial charge in [-0.05, 0) is 62.9 Å². The van der Waals surface area contributed by atoms with Crippen LogP contribution in [0.4, 0.5) is 5.69 Å². The molecule has 3 rings (SSSR count). The molecule has 1 aliphatic rings. The van der Waals surface area contributed by atoms with E-state index in [1.165, 1.54) is 17.0 Å². The highest BCUT2D eigenvalue weighted by molar-refractivity contribution is 7.92. The van der Waals surface area contributed by atoms with Crippen molar-refractivity contribution in [3.8, 4) is 5.75 Å². The van der Waals surface area contributed by atoms with Crippen LogP contribution < -0.4 is 14.4 Å². The van der Waals surface area contributed by atoms with E-state index in [2.05, 4.69) is 5.32 Å². The third-order valence-electron chi connectivity index (χ3n) is 7.08. The maximum absolute atomic E-state index is 13.5. The number of amides is 2. The van der Waals surface area contributed by atoms with Crippen molar-refractivity contribution in [2.45, 2.75) is 77.4 Å². The predicted molar refractivity (Wildman–Crippen MR) is 151 cm³/mol. The minimum atomic E-state index is -3.52. The lowest BCUT2D eigenvalue weighted by molar-refractivity contribution is -0.141. The second-order valence-corrected chi connectivity index (χ2v) is 12.1. The molecular weight excluding hydrogens is 502 g/mol. The molecule has 2 amide bonds. The summed E-state index contributed by atoms with van der Waals surface area (Å²) in [5.41, 5.74) is 2.46. The van der Waals surface area contributed by atoms with E-state index < -0.39 is 16.1 Å². The van der Waals surface area contributed by atoms with Crippen molar-refractivity contribution in [2.75, 3.05) is 24.2 Å². The first kappa shape index (κ1) is 29.5. The van der Waals surface area contributed by atoms with Crippen molar-refractivity contribution in [3.05, 3.63) is 59.7 Å². The molecule has 0 aliphatic heterocycles. The topological polar surface area (TPSA) is 96.0 Å². The molecule has 2 aromatic rings. The Morgan fingerprint density at radius 2 is 1.76 bits per heavy atom. The quantitative estimate of drug-likeness (QED) is 0.428. The molecule has 0 spiro atoms. The molecule has 0 radical (unpaired) electrons. The molecule has 0 heterocycles. The number of methoxy groups -OCH3 is 1. The van der Waals surface area contributed by atoms with E-state index in [0.717, 1.165) is 36.8 Å². The van der Waals surface area contributed by atoms with Crippen LogP contribution in [0.3, 0.4) is 0 Å². The van der Waals surface area contributed by atoms with Gasteiger partial charge < -0.3 is 15.0 Å². The van der Waals surface area contributed by atoms with Crippen LogP contribution in [0.15, 0.2) is 48.5 Å². The summed E-state index contributed by atoms with van der Waals surface area (Å²) in [6, 6.07) is 14.2. The zero-order chi connectivity index (χ0) is 27.7. The molecule has 9 heteroatoms. The van der Waals surface area contributed by atoms with E-state index in [9.17, 15) is 18.0 Å². The standard InChI is InChI=1S/C29H41N3O5S/c1-22-15-17-26(18-16-22)32(38(4,35)36)19-9-14-28(33)31(21-24-10-8-13-27(20-24)37-3)23(2)29(34)30-25-11-6-5-7-12-25/h8,10,13,15-18,20,23,25H,5-7,9,11-12,14,19,21H2,1-4H3,(H,30,34)/t23-/m1/s1. The monoisotopic (exact) mass is 543 g/mol. The zero-order valence-electron chi connectivity index (χ0n) is 23.0. The second kappa shape index (κ2) is 13.6. The highest BCUT2D eigenvalue weighted by Crippen LogP contribution is 2.22. The van der Waals surface area contributed by atoms with Gasteiger partial charge in [-0.1, -0.05) is 49.1 Å². The van der Waals surface area contributed by atoms with Crippen LogP contribution in [0, 0.1) is 6.92 Å². The van der Waals surface area contributed by atoms with Gasteiger partial charge in [0, 0.05) is 25.6 Å². The number of ether oxygens (including phenoxy) is 1. The number of hydrogen-bond acceptors (Lipinski definition) is 5. The number of carbonyl (C=O) groups excluding carboxylic acids is 2. The van der Waals surface area contributed by atoms with Gasteiger partial charge in [-0.2, -0.15) is 0 Å². The van der Waals surface area contributed by atoms with E-state index in [4.69, 9.17) is 4.74 Å². The summed E-state index contributed by atoms with van der Waals surface area (Å²) in [5.74, 6) is 0.318. The molecule has 1 aliphatic carbocycles. The fourth-order valence-corrected chi connectivity index (χ4v) is 5.80. The summed E-state index contributed by atoms with van der Waals surface area (Å²) in [7, 11) is -1.93. The Labute approximate surface area is 227 Å². The van der Waals surface area contributed by atoms with Crippen molar-refractivity contribution in [1.29, 1.82) is 0 Å². The SMILES string of the molecule is COc1cccc(CN(C(=O)CCCN(c2ccc(C)cc2)S(C)(=O)=O)[C@H](C)C(=O)NC2CCCCC2)c1. The number of anilines is 1. The average Bonchev–Trinajstić information content (AvgIpc) is 2.90. The lowest BCUT2D eigenvalue weighted by atomic mass is 9.95. The Morgan fingerprint density at radius 1 is 1.08 bits per heavy atom. The Bertz CT molecular complexity index is 1180. The Balaban J connectivity index is 1.72. The second-order valence-electron chi connectivity index (χ2n) is 10.2. The summed E-state index contributed by atoms with van der Waals surface area (Å²) >= 11 is 0. The van der Waals surface area contributed by atoms with E-state index in [1.54, 1.807) is 31.1 Å². The summed E-state index contributed by atoms with van der Waals surface area (Å²) in [6.07, 6.45) is 6.92. The van der Waals surface area contributed by atoms with Gasteiger partial charge in [0.2, 0.25) is 21.8 Å². The van der Waals surface area contributed by atoms with Gasteiger partial charge in [-0.15, -0.1) is 0 Å². The van der Waals surface area contributed by atoms with Crippen molar-refractivity contribution < 1.29 is 22.7 Å². The first-order valence-electron chi connectivity index (χ1n) is 13.4. The van der Waals surface area contributed by atoms with E-state index in [0.29, 0.717) is 17.9 Å². The van der Waals surface area contributed by atoms with Crippen molar-refractivity contribution in [1.82, 2.24) is 10.2 Å². The highest BCUT2D eigenvalue weighted by Gasteiger charge is 2.28. The number of carbonyl (C=O) groups is 2. The van der Waals surface area contributed by atoms with Crippen LogP contribution in [-0.4, -0.2) is 57.1 Å². The minimum absolute atomic E-state index is 0.114. The molecular formula is C29H41N3O5S. The zero-order valence-corrected chi connectivity index (χ0v) is 23.8. The molecule has 38 heavy (non-hydrogen) atoms. The number of rotatable bonds is 12. The van der Waals surface area contributed by atoms with Crippen LogP contribution >= 0.6 is 0 Å². The average molecular weight is 544 g/mol. The number of hydrogen-bond donors (Lipinski definition) is 1. The fraction of sp³-hybridized carbons (Fsp3) is 0.517. The minimum Gasteiger partial charge on any atom is -0.497 e. The Kier molecular flexibility index (Phi) is 10.6. The molecule has 0 bridgehead atoms. The number of nitrogens with one attached hydrogen (secondary N) is 1. The van der Waals surface area contributed by atoms with Crippen LogP contribution in [0.1, 0.15) is 63.0 Å². The van der Waals surface area contributed by atoms with Crippen molar-refractivity contribution >= 4 is 27.5 Å². The molecule has 0 saturated heterocycles. The third kappa shape index (κ3) is 8.48. The van der Waals surface area contributed by atoms with Gasteiger partial charge in [0.15, 0.2) is 0 Å². The lowest BCUT2D eigenvalue weighted by Gasteiger charge is -2.31. The van der Waals surface area contributed by atoms with Gasteiger partial charge in [-0.25, -0.2) is 8.42 Å². The largest absolute Gasteiger partial charge is 0.497 e. The van der Waals surface area contributed by atoms with Crippen molar-refractivity contribution in [3.63, 3.8) is 0 Å². The van der Waals surface area contributed by atoms with Crippen LogP contribution in [-0.2, 0) is 26.2 Å². The molecule has 208 valence electrons. The van der Waals surface area contributed by atoms with Gasteiger partial charge in [-0.3, -0.25) is 13.9 Å². The number of nitrogens with zero attached hydrogens (tertiary/aromatic N) is 2.